The van der Waals surface area contributed by atoms with Gasteiger partial charge in [-0.2, -0.15) is 10.2 Å². The fourth-order valence-corrected chi connectivity index (χ4v) is 2.13. The van der Waals surface area contributed by atoms with Crippen LogP contribution in [0, 0.1) is 0 Å². The maximum atomic E-state index is 11.9. The van der Waals surface area contributed by atoms with E-state index >= 15 is 0 Å². The maximum absolute atomic E-state index is 11.9. The van der Waals surface area contributed by atoms with Crippen LogP contribution in [-0.2, 0) is 10.0 Å². The minimum absolute atomic E-state index is 0.00787. The van der Waals surface area contributed by atoms with Gasteiger partial charge in [0.05, 0.1) is 18.0 Å². The number of amidine groups is 1. The standard InChI is InChI=1S/C7H9N7O3S/c8-6(13-15)5-3-11-12-7(5)14-18(16,17)4-1-9-10-2-4/h1-3,15H,(H2,8,13)(H,9,10)(H2,11,12,14). The molecule has 0 saturated carbocycles. The predicted molar refractivity (Wildman–Crippen MR) is 60.5 cm³/mol. The molecule has 0 amide bonds. The summed E-state index contributed by atoms with van der Waals surface area (Å²) in [7, 11) is -3.81. The quantitative estimate of drug-likeness (QED) is 0.208. The van der Waals surface area contributed by atoms with Gasteiger partial charge in [-0.3, -0.25) is 14.9 Å². The molecule has 0 aliphatic carbocycles. The zero-order valence-electron chi connectivity index (χ0n) is 8.82. The van der Waals surface area contributed by atoms with Crippen LogP contribution in [0.4, 0.5) is 5.82 Å². The van der Waals surface area contributed by atoms with Crippen LogP contribution in [0.25, 0.3) is 0 Å². The van der Waals surface area contributed by atoms with E-state index in [0.717, 1.165) is 6.20 Å². The highest BCUT2D eigenvalue weighted by molar-refractivity contribution is 7.92. The number of aromatic nitrogens is 4. The van der Waals surface area contributed by atoms with Crippen molar-refractivity contribution in [3.8, 4) is 0 Å². The Kier molecular flexibility index (Phi) is 2.89. The van der Waals surface area contributed by atoms with Gasteiger partial charge in [0.2, 0.25) is 0 Å². The molecule has 0 atom stereocenters. The van der Waals surface area contributed by atoms with Gasteiger partial charge in [-0.15, -0.1) is 0 Å². The van der Waals surface area contributed by atoms with Gasteiger partial charge in [0, 0.05) is 6.20 Å². The van der Waals surface area contributed by atoms with Crippen LogP contribution in [0.2, 0.25) is 0 Å². The van der Waals surface area contributed by atoms with E-state index in [9.17, 15) is 8.42 Å². The zero-order chi connectivity index (χ0) is 13.2. The summed E-state index contributed by atoms with van der Waals surface area (Å²) in [5, 5.41) is 23.2. The molecule has 0 aliphatic rings. The van der Waals surface area contributed by atoms with Crippen molar-refractivity contribution in [2.45, 2.75) is 4.90 Å². The predicted octanol–water partition coefficient (Wildman–Crippen LogP) is -0.972. The van der Waals surface area contributed by atoms with Crippen LogP contribution < -0.4 is 10.5 Å². The lowest BCUT2D eigenvalue weighted by molar-refractivity contribution is 0.318. The van der Waals surface area contributed by atoms with Crippen LogP contribution in [0.1, 0.15) is 5.56 Å². The Hall–Kier alpha value is -2.56. The number of H-pyrrole nitrogens is 2. The molecule has 0 aromatic carbocycles. The van der Waals surface area contributed by atoms with E-state index in [0.29, 0.717) is 0 Å². The number of aromatic amines is 2. The summed E-state index contributed by atoms with van der Waals surface area (Å²) < 4.78 is 25.9. The molecule has 0 radical (unpaired) electrons. The van der Waals surface area contributed by atoms with Gasteiger partial charge in [0.15, 0.2) is 5.84 Å². The molecule has 6 N–H and O–H groups in total. The molecular formula is C7H9N7O3S. The highest BCUT2D eigenvalue weighted by Gasteiger charge is 2.19. The van der Waals surface area contributed by atoms with Crippen molar-refractivity contribution in [3.63, 3.8) is 0 Å². The van der Waals surface area contributed by atoms with Crippen LogP contribution in [0.3, 0.4) is 0 Å². The summed E-state index contributed by atoms with van der Waals surface area (Å²) in [4.78, 5) is -0.0532. The number of nitrogens with two attached hydrogens (primary N) is 1. The molecule has 0 fully saturated rings. The second-order valence-corrected chi connectivity index (χ2v) is 4.87. The monoisotopic (exact) mass is 271 g/mol. The Bertz CT molecular complexity index is 657. The summed E-state index contributed by atoms with van der Waals surface area (Å²) in [6.07, 6.45) is 3.58. The molecule has 18 heavy (non-hydrogen) atoms. The summed E-state index contributed by atoms with van der Waals surface area (Å²) in [5.41, 5.74) is 5.49. The molecule has 0 spiro atoms. The fourth-order valence-electron chi connectivity index (χ4n) is 1.19. The molecule has 96 valence electrons. The van der Waals surface area contributed by atoms with Crippen molar-refractivity contribution < 1.29 is 13.6 Å². The van der Waals surface area contributed by atoms with Crippen molar-refractivity contribution in [2.75, 3.05) is 4.72 Å². The number of hydrogen-bond acceptors (Lipinski definition) is 6. The topological polar surface area (TPSA) is 162 Å². The van der Waals surface area contributed by atoms with Crippen molar-refractivity contribution in [2.24, 2.45) is 10.9 Å². The van der Waals surface area contributed by atoms with E-state index in [2.05, 4.69) is 30.3 Å². The number of nitrogens with one attached hydrogen (secondary N) is 3. The lowest BCUT2D eigenvalue weighted by Gasteiger charge is -2.05. The smallest absolute Gasteiger partial charge is 0.266 e. The first kappa shape index (κ1) is 11.9. The van der Waals surface area contributed by atoms with Gasteiger partial charge < -0.3 is 10.9 Å². The average molecular weight is 271 g/mol. The van der Waals surface area contributed by atoms with E-state index < -0.39 is 10.0 Å². The molecule has 2 heterocycles. The summed E-state index contributed by atoms with van der Waals surface area (Å²) >= 11 is 0. The van der Waals surface area contributed by atoms with Crippen LogP contribution in [-0.4, -0.2) is 39.9 Å². The Morgan fingerprint density at radius 2 is 2.22 bits per heavy atom. The number of hydrogen-bond donors (Lipinski definition) is 5. The fraction of sp³-hybridized carbons (Fsp3) is 0. The Balaban J connectivity index is 2.34. The van der Waals surface area contributed by atoms with E-state index in [4.69, 9.17) is 10.9 Å². The molecule has 2 aromatic rings. The molecule has 10 nitrogen and oxygen atoms in total. The van der Waals surface area contributed by atoms with Crippen LogP contribution in [0.5, 0.6) is 0 Å². The summed E-state index contributed by atoms with van der Waals surface area (Å²) in [5.74, 6) is -0.278. The number of sulfonamides is 1. The Morgan fingerprint density at radius 3 is 2.83 bits per heavy atom. The first-order valence-corrected chi connectivity index (χ1v) is 6.06. The molecule has 11 heteroatoms. The normalized spacial score (nSPS) is 12.6. The third-order valence-electron chi connectivity index (χ3n) is 2.04. The third kappa shape index (κ3) is 2.10. The lowest BCUT2D eigenvalue weighted by atomic mass is 10.3. The number of rotatable bonds is 4. The maximum Gasteiger partial charge on any atom is 0.266 e. The van der Waals surface area contributed by atoms with Crippen molar-refractivity contribution in [3.05, 3.63) is 24.2 Å². The first-order valence-electron chi connectivity index (χ1n) is 4.57. The lowest BCUT2D eigenvalue weighted by Crippen LogP contribution is -2.18. The molecule has 0 bridgehead atoms. The molecule has 0 saturated heterocycles. The van der Waals surface area contributed by atoms with Gasteiger partial charge in [0.25, 0.3) is 10.0 Å². The SMILES string of the molecule is NC(=NO)c1cn[nH]c1NS(=O)(=O)c1cn[nH]c1. The minimum atomic E-state index is -3.81. The Labute approximate surface area is 101 Å². The third-order valence-corrected chi connectivity index (χ3v) is 3.36. The van der Waals surface area contributed by atoms with Gasteiger partial charge in [0.1, 0.15) is 10.7 Å². The average Bonchev–Trinajstić information content (AvgIpc) is 2.97. The summed E-state index contributed by atoms with van der Waals surface area (Å²) in [6, 6.07) is 0. The van der Waals surface area contributed by atoms with Crippen LogP contribution in [0.15, 0.2) is 28.6 Å². The number of nitrogens with zero attached hydrogens (tertiary/aromatic N) is 3. The molecular weight excluding hydrogens is 262 g/mol. The largest absolute Gasteiger partial charge is 0.409 e. The summed E-state index contributed by atoms with van der Waals surface area (Å²) in [6.45, 7) is 0. The van der Waals surface area contributed by atoms with E-state index in [1.165, 1.54) is 12.4 Å². The first-order chi connectivity index (χ1) is 8.54. The molecule has 0 aliphatic heterocycles. The highest BCUT2D eigenvalue weighted by atomic mass is 32.2. The second kappa shape index (κ2) is 4.37. The molecule has 2 rings (SSSR count). The Morgan fingerprint density at radius 1 is 1.44 bits per heavy atom. The van der Waals surface area contributed by atoms with E-state index in [1.807, 2.05) is 0 Å². The van der Waals surface area contributed by atoms with Crippen molar-refractivity contribution >= 4 is 21.7 Å². The number of oxime groups is 1. The minimum Gasteiger partial charge on any atom is -0.409 e. The van der Waals surface area contributed by atoms with E-state index in [1.54, 1.807) is 0 Å². The van der Waals surface area contributed by atoms with Gasteiger partial charge in [-0.1, -0.05) is 5.16 Å². The molecule has 2 aromatic heterocycles. The second-order valence-electron chi connectivity index (χ2n) is 3.18. The van der Waals surface area contributed by atoms with Crippen molar-refractivity contribution in [1.29, 1.82) is 0 Å². The zero-order valence-corrected chi connectivity index (χ0v) is 9.64. The van der Waals surface area contributed by atoms with Crippen molar-refractivity contribution in [1.82, 2.24) is 20.4 Å². The highest BCUT2D eigenvalue weighted by Crippen LogP contribution is 2.16. The number of anilines is 1. The molecule has 0 unspecified atom stereocenters. The van der Waals surface area contributed by atoms with Gasteiger partial charge in [-0.05, 0) is 0 Å². The van der Waals surface area contributed by atoms with Gasteiger partial charge in [-0.25, -0.2) is 8.42 Å². The van der Waals surface area contributed by atoms with Gasteiger partial charge >= 0.3 is 0 Å². The van der Waals surface area contributed by atoms with Crippen LogP contribution >= 0.6 is 0 Å². The van der Waals surface area contributed by atoms with E-state index in [-0.39, 0.29) is 22.1 Å².